The van der Waals surface area contributed by atoms with Gasteiger partial charge in [0.1, 0.15) is 23.4 Å². The number of nitrogens with zero attached hydrogens (tertiary/aromatic N) is 2. The maximum Gasteiger partial charge on any atom is 0.305 e. The van der Waals surface area contributed by atoms with Crippen molar-refractivity contribution in [2.24, 2.45) is 5.92 Å². The van der Waals surface area contributed by atoms with E-state index in [4.69, 9.17) is 16.3 Å². The van der Waals surface area contributed by atoms with Crippen molar-refractivity contribution in [1.29, 1.82) is 0 Å². The summed E-state index contributed by atoms with van der Waals surface area (Å²) in [4.78, 5) is 54.9. The third-order valence-electron chi connectivity index (χ3n) is 6.76. The summed E-state index contributed by atoms with van der Waals surface area (Å²) in [5.74, 6) is -3.23. The molecule has 6 rings (SSSR count). The molecule has 13 heteroatoms. The number of aromatic nitrogens is 1. The predicted molar refractivity (Wildman–Crippen MR) is 148 cm³/mol. The van der Waals surface area contributed by atoms with E-state index in [0.29, 0.717) is 20.5 Å². The number of rotatable bonds is 6. The topological polar surface area (TPSA) is 123 Å². The Kier molecular flexibility index (Phi) is 6.69. The minimum absolute atomic E-state index is 0.0996. The molecule has 1 aromatic heterocycles. The minimum Gasteiger partial charge on any atom is -0.489 e. The van der Waals surface area contributed by atoms with Crippen LogP contribution in [0.1, 0.15) is 21.9 Å². The Hall–Kier alpha value is -4.00. The average molecular weight is 598 g/mol. The quantitative estimate of drug-likeness (QED) is 0.177. The van der Waals surface area contributed by atoms with E-state index in [9.17, 15) is 28.9 Å². The summed E-state index contributed by atoms with van der Waals surface area (Å²) >= 11 is 7.93. The number of nitrogens with one attached hydrogen (secondary N) is 1. The molecule has 2 aliphatic heterocycles. The highest BCUT2D eigenvalue weighted by Gasteiger charge is 2.57. The van der Waals surface area contributed by atoms with Crippen LogP contribution in [0, 0.1) is 21.8 Å². The van der Waals surface area contributed by atoms with E-state index in [1.54, 1.807) is 24.3 Å². The van der Waals surface area contributed by atoms with Crippen LogP contribution in [0.5, 0.6) is 5.75 Å². The number of hydrogen-bond donors (Lipinski definition) is 1. The van der Waals surface area contributed by atoms with Gasteiger partial charge in [0.05, 0.1) is 21.6 Å². The summed E-state index contributed by atoms with van der Waals surface area (Å²) in [5.41, 5.74) is 1.06. The first-order chi connectivity index (χ1) is 19.2. The molecule has 4 aromatic rings. The maximum absolute atomic E-state index is 13.9. The molecule has 0 saturated carbocycles. The van der Waals surface area contributed by atoms with Gasteiger partial charge in [0.2, 0.25) is 11.8 Å². The first-order valence-electron chi connectivity index (χ1n) is 11.9. The number of thiazole rings is 1. The number of non-ortho nitro benzene ring substituents is 1. The molecule has 9 nitrogen and oxygen atoms in total. The first kappa shape index (κ1) is 26.2. The highest BCUT2D eigenvalue weighted by atomic mass is 35.5. The summed E-state index contributed by atoms with van der Waals surface area (Å²) in [6, 6.07) is 16.0. The lowest BCUT2D eigenvalue weighted by Gasteiger charge is -2.30. The predicted octanol–water partition coefficient (Wildman–Crippen LogP) is 5.51. The van der Waals surface area contributed by atoms with Gasteiger partial charge in [-0.15, -0.1) is 0 Å². The number of aromatic amines is 1. The second kappa shape index (κ2) is 10.2. The fourth-order valence-electron chi connectivity index (χ4n) is 4.96. The van der Waals surface area contributed by atoms with Gasteiger partial charge in [-0.25, -0.2) is 9.29 Å². The Bertz CT molecular complexity index is 1720. The number of halogens is 2. The third kappa shape index (κ3) is 4.57. The molecular weight excluding hydrogens is 581 g/mol. The van der Waals surface area contributed by atoms with Gasteiger partial charge in [-0.3, -0.25) is 24.5 Å². The van der Waals surface area contributed by atoms with Crippen LogP contribution >= 0.6 is 34.7 Å². The molecule has 0 bridgehead atoms. The normalized spacial score (nSPS) is 19.9. The number of thioether (sulfide) groups is 1. The molecule has 40 heavy (non-hydrogen) atoms. The second-order valence-corrected chi connectivity index (χ2v) is 11.7. The lowest BCUT2D eigenvalue weighted by atomic mass is 9.82. The van der Waals surface area contributed by atoms with Crippen LogP contribution in [0.25, 0.3) is 0 Å². The Morgan fingerprint density at radius 3 is 2.45 bits per heavy atom. The van der Waals surface area contributed by atoms with Crippen molar-refractivity contribution >= 4 is 57.9 Å². The Morgan fingerprint density at radius 2 is 1.75 bits per heavy atom. The van der Waals surface area contributed by atoms with Crippen LogP contribution in [-0.2, 0) is 16.2 Å². The Labute approximate surface area is 238 Å². The van der Waals surface area contributed by atoms with Gasteiger partial charge < -0.3 is 9.72 Å². The number of carbonyl (C=O) groups excluding carboxylic acids is 2. The minimum atomic E-state index is -0.999. The van der Waals surface area contributed by atoms with E-state index in [1.807, 2.05) is 0 Å². The average Bonchev–Trinajstić information content (AvgIpc) is 3.43. The molecule has 1 fully saturated rings. The van der Waals surface area contributed by atoms with Crippen LogP contribution in [0.2, 0.25) is 5.02 Å². The third-order valence-corrected chi connectivity index (χ3v) is 9.41. The van der Waals surface area contributed by atoms with Crippen molar-refractivity contribution in [2.45, 2.75) is 22.8 Å². The number of ether oxygens (including phenoxy) is 1. The van der Waals surface area contributed by atoms with Crippen molar-refractivity contribution in [2.75, 3.05) is 4.90 Å². The van der Waals surface area contributed by atoms with Crippen molar-refractivity contribution < 1.29 is 23.6 Å². The van der Waals surface area contributed by atoms with Crippen molar-refractivity contribution in [3.05, 3.63) is 113 Å². The van der Waals surface area contributed by atoms with Crippen molar-refractivity contribution in [3.8, 4) is 5.75 Å². The molecule has 0 radical (unpaired) electrons. The zero-order valence-electron chi connectivity index (χ0n) is 20.2. The molecule has 1 N–H and O–H groups in total. The summed E-state index contributed by atoms with van der Waals surface area (Å²) in [7, 11) is 0. The standard InChI is InChI=1S/C27H17ClFN3O6S2/c28-14-3-1-13(2-4-14)12-38-19-10-9-17(32(36)37)11-18(19)20-21-23(39-24-22(20)40-27(35)30-24)26(34)31(25(21)33)16-7-5-15(29)6-8-16/h1-11,20-21,23H,12H2,(H,30,35)/t20-,21?,23?/m1/s1. The van der Waals surface area contributed by atoms with Gasteiger partial charge in [-0.2, -0.15) is 0 Å². The number of hydrogen-bond acceptors (Lipinski definition) is 8. The van der Waals surface area contributed by atoms with E-state index >= 15 is 0 Å². The van der Waals surface area contributed by atoms with Crippen LogP contribution in [0.15, 0.2) is 76.6 Å². The first-order valence-corrected chi connectivity index (χ1v) is 14.0. The summed E-state index contributed by atoms with van der Waals surface area (Å²) in [5, 5.41) is 11.8. The fourth-order valence-corrected chi connectivity index (χ4v) is 7.59. The van der Waals surface area contributed by atoms with Gasteiger partial charge in [-0.05, 0) is 48.0 Å². The largest absolute Gasteiger partial charge is 0.489 e. The SMILES string of the molecule is O=C1C2Sc3[nH]c(=O)sc3[C@H](c3cc([N+](=O)[O-])ccc3OCc3ccc(Cl)cc3)C2C(=O)N1c1ccc(F)cc1. The van der Waals surface area contributed by atoms with Crippen LogP contribution < -0.4 is 14.5 Å². The lowest BCUT2D eigenvalue weighted by molar-refractivity contribution is -0.385. The molecule has 3 atom stereocenters. The molecule has 2 unspecified atom stereocenters. The maximum atomic E-state index is 13.9. The number of carbonyl (C=O) groups is 2. The summed E-state index contributed by atoms with van der Waals surface area (Å²) in [6.07, 6.45) is 0. The van der Waals surface area contributed by atoms with E-state index in [0.717, 1.165) is 45.7 Å². The lowest BCUT2D eigenvalue weighted by Crippen LogP contribution is -2.32. The van der Waals surface area contributed by atoms with Gasteiger partial charge in [-0.1, -0.05) is 46.8 Å². The number of H-pyrrole nitrogens is 1. The van der Waals surface area contributed by atoms with Crippen LogP contribution in [-0.4, -0.2) is 27.0 Å². The van der Waals surface area contributed by atoms with E-state index < -0.39 is 39.6 Å². The Balaban J connectivity index is 1.47. The molecule has 0 spiro atoms. The van der Waals surface area contributed by atoms with E-state index in [-0.39, 0.29) is 28.6 Å². The molecular formula is C27H17ClFN3O6S2. The monoisotopic (exact) mass is 597 g/mol. The molecule has 1 saturated heterocycles. The van der Waals surface area contributed by atoms with Crippen LogP contribution in [0.3, 0.4) is 0 Å². The molecule has 2 amide bonds. The van der Waals surface area contributed by atoms with Gasteiger partial charge in [0.15, 0.2) is 0 Å². The number of anilines is 1. The smallest absolute Gasteiger partial charge is 0.305 e. The van der Waals surface area contributed by atoms with Crippen molar-refractivity contribution in [1.82, 2.24) is 4.98 Å². The summed E-state index contributed by atoms with van der Waals surface area (Å²) < 4.78 is 19.7. The number of fused-ring (bicyclic) bond motifs is 2. The number of nitro benzene ring substituents is 1. The van der Waals surface area contributed by atoms with Gasteiger partial charge in [0, 0.05) is 33.5 Å². The van der Waals surface area contributed by atoms with Crippen molar-refractivity contribution in [3.63, 3.8) is 0 Å². The molecule has 3 heterocycles. The number of benzene rings is 3. The molecule has 202 valence electrons. The van der Waals surface area contributed by atoms with Gasteiger partial charge in [0.25, 0.3) is 5.69 Å². The van der Waals surface area contributed by atoms with E-state index in [2.05, 4.69) is 4.98 Å². The molecule has 3 aromatic carbocycles. The fraction of sp³-hybridized carbons (Fsp3) is 0.148. The second-order valence-electron chi connectivity index (χ2n) is 9.13. The number of imide groups is 1. The van der Waals surface area contributed by atoms with E-state index in [1.165, 1.54) is 30.3 Å². The highest BCUT2D eigenvalue weighted by molar-refractivity contribution is 8.00. The van der Waals surface area contributed by atoms with Crippen LogP contribution in [0.4, 0.5) is 15.8 Å². The number of nitro groups is 1. The summed E-state index contributed by atoms with van der Waals surface area (Å²) in [6.45, 7) is 0.0996. The molecule has 0 aliphatic carbocycles. The molecule has 2 aliphatic rings. The highest BCUT2D eigenvalue weighted by Crippen LogP contribution is 2.55. The zero-order chi connectivity index (χ0) is 28.1. The zero-order valence-corrected chi connectivity index (χ0v) is 22.6. The Morgan fingerprint density at radius 1 is 1.02 bits per heavy atom. The van der Waals surface area contributed by atoms with Gasteiger partial charge >= 0.3 is 4.87 Å². The number of amides is 2.